The minimum atomic E-state index is -3.42. The molecule has 1 aliphatic heterocycles. The lowest BCUT2D eigenvalue weighted by Gasteiger charge is -2.39. The molecular formula is C20H25NO4S. The average molecular weight is 375 g/mol. The highest BCUT2D eigenvalue weighted by Gasteiger charge is 2.37. The maximum absolute atomic E-state index is 13.0. The second-order valence-electron chi connectivity index (χ2n) is 7.26. The number of nitrogens with zero attached hydrogens (tertiary/aromatic N) is 1. The standard InChI is InChI=1S/C20H25NO4S/c1-20(2)14-21(26(22,23)13-15-8-6-5-7-9-15)12-16-10-18(24-3)19(25-4)11-17(16)20/h5-11H,12-14H2,1-4H3. The van der Waals surface area contributed by atoms with Crippen LogP contribution in [0.1, 0.15) is 30.5 Å². The average Bonchev–Trinajstić information content (AvgIpc) is 2.60. The number of benzene rings is 2. The topological polar surface area (TPSA) is 55.8 Å². The van der Waals surface area contributed by atoms with Gasteiger partial charge in [-0.2, -0.15) is 4.31 Å². The van der Waals surface area contributed by atoms with Crippen LogP contribution in [0, 0.1) is 0 Å². The molecule has 0 aliphatic carbocycles. The van der Waals surface area contributed by atoms with E-state index in [1.165, 1.54) is 0 Å². The van der Waals surface area contributed by atoms with Crippen LogP contribution < -0.4 is 9.47 Å². The van der Waals surface area contributed by atoms with Gasteiger partial charge in [0.2, 0.25) is 10.0 Å². The number of rotatable bonds is 5. The van der Waals surface area contributed by atoms with Crippen LogP contribution in [0.4, 0.5) is 0 Å². The molecule has 0 radical (unpaired) electrons. The highest BCUT2D eigenvalue weighted by Crippen LogP contribution is 2.41. The van der Waals surface area contributed by atoms with Crippen LogP contribution in [0.5, 0.6) is 11.5 Å². The molecule has 2 aromatic carbocycles. The van der Waals surface area contributed by atoms with Crippen LogP contribution in [-0.2, 0) is 27.7 Å². The van der Waals surface area contributed by atoms with E-state index in [1.807, 2.05) is 42.5 Å². The normalized spacial score (nSPS) is 16.8. The van der Waals surface area contributed by atoms with Crippen molar-refractivity contribution in [2.24, 2.45) is 0 Å². The van der Waals surface area contributed by atoms with E-state index < -0.39 is 10.0 Å². The van der Waals surface area contributed by atoms with Crippen LogP contribution in [0.15, 0.2) is 42.5 Å². The molecule has 5 nitrogen and oxygen atoms in total. The Hall–Kier alpha value is -2.05. The lowest BCUT2D eigenvalue weighted by Crippen LogP contribution is -2.45. The molecule has 0 aromatic heterocycles. The van der Waals surface area contributed by atoms with Gasteiger partial charge in [0.1, 0.15) is 0 Å². The van der Waals surface area contributed by atoms with Gasteiger partial charge in [-0.05, 0) is 28.8 Å². The van der Waals surface area contributed by atoms with Crippen molar-refractivity contribution in [3.8, 4) is 11.5 Å². The maximum Gasteiger partial charge on any atom is 0.218 e. The Kier molecular flexibility index (Phi) is 4.99. The van der Waals surface area contributed by atoms with E-state index in [4.69, 9.17) is 9.47 Å². The summed E-state index contributed by atoms with van der Waals surface area (Å²) in [4.78, 5) is 0. The van der Waals surface area contributed by atoms with E-state index >= 15 is 0 Å². The molecular weight excluding hydrogens is 350 g/mol. The number of hydrogen-bond donors (Lipinski definition) is 0. The molecule has 0 spiro atoms. The summed E-state index contributed by atoms with van der Waals surface area (Å²) in [6.45, 7) is 4.89. The molecule has 3 rings (SSSR count). The fourth-order valence-corrected chi connectivity index (χ4v) is 5.18. The van der Waals surface area contributed by atoms with Crippen molar-refractivity contribution in [2.75, 3.05) is 20.8 Å². The lowest BCUT2D eigenvalue weighted by atomic mass is 9.79. The molecule has 1 heterocycles. The monoisotopic (exact) mass is 375 g/mol. The van der Waals surface area contributed by atoms with Crippen molar-refractivity contribution in [1.82, 2.24) is 4.31 Å². The highest BCUT2D eigenvalue weighted by molar-refractivity contribution is 7.88. The van der Waals surface area contributed by atoms with Crippen molar-refractivity contribution in [3.63, 3.8) is 0 Å². The maximum atomic E-state index is 13.0. The molecule has 0 N–H and O–H groups in total. The van der Waals surface area contributed by atoms with Gasteiger partial charge in [-0.25, -0.2) is 8.42 Å². The van der Waals surface area contributed by atoms with Crippen LogP contribution in [-0.4, -0.2) is 33.5 Å². The minimum absolute atomic E-state index is 0.00649. The third kappa shape index (κ3) is 3.57. The SMILES string of the molecule is COc1cc2c(cc1OC)C(C)(C)CN(S(=O)(=O)Cc1ccccc1)C2. The van der Waals surface area contributed by atoms with Gasteiger partial charge < -0.3 is 9.47 Å². The van der Waals surface area contributed by atoms with Crippen LogP contribution >= 0.6 is 0 Å². The predicted molar refractivity (Wildman–Crippen MR) is 102 cm³/mol. The zero-order valence-corrected chi connectivity index (χ0v) is 16.5. The van der Waals surface area contributed by atoms with E-state index in [1.54, 1.807) is 18.5 Å². The summed E-state index contributed by atoms with van der Waals surface area (Å²) in [5.74, 6) is 1.29. The van der Waals surface area contributed by atoms with Crippen LogP contribution in [0.2, 0.25) is 0 Å². The smallest absolute Gasteiger partial charge is 0.218 e. The zero-order valence-electron chi connectivity index (χ0n) is 15.7. The van der Waals surface area contributed by atoms with E-state index in [-0.39, 0.29) is 11.2 Å². The quantitative estimate of drug-likeness (QED) is 0.804. The second-order valence-corrected chi connectivity index (χ2v) is 9.23. The Labute approximate surface area is 155 Å². The van der Waals surface area contributed by atoms with Crippen molar-refractivity contribution in [2.45, 2.75) is 31.6 Å². The first kappa shape index (κ1) is 18.7. The van der Waals surface area contributed by atoms with Gasteiger partial charge in [0.25, 0.3) is 0 Å². The summed E-state index contributed by atoms with van der Waals surface area (Å²) >= 11 is 0. The van der Waals surface area contributed by atoms with Gasteiger partial charge in [0, 0.05) is 18.5 Å². The van der Waals surface area contributed by atoms with Crippen molar-refractivity contribution < 1.29 is 17.9 Å². The van der Waals surface area contributed by atoms with Crippen molar-refractivity contribution in [1.29, 1.82) is 0 Å². The van der Waals surface area contributed by atoms with Crippen molar-refractivity contribution >= 4 is 10.0 Å². The number of sulfonamides is 1. The van der Waals surface area contributed by atoms with E-state index in [0.29, 0.717) is 24.6 Å². The molecule has 1 aliphatic rings. The Balaban J connectivity index is 1.96. The van der Waals surface area contributed by atoms with Crippen LogP contribution in [0.3, 0.4) is 0 Å². The molecule has 2 aromatic rings. The van der Waals surface area contributed by atoms with E-state index in [9.17, 15) is 8.42 Å². The Morgan fingerprint density at radius 3 is 2.27 bits per heavy atom. The lowest BCUT2D eigenvalue weighted by molar-refractivity contribution is 0.294. The van der Waals surface area contributed by atoms with E-state index in [0.717, 1.165) is 16.7 Å². The molecule has 0 bridgehead atoms. The first-order valence-electron chi connectivity index (χ1n) is 8.54. The Morgan fingerprint density at radius 2 is 1.65 bits per heavy atom. The molecule has 0 unspecified atom stereocenters. The van der Waals surface area contributed by atoms with Gasteiger partial charge in [-0.3, -0.25) is 0 Å². The van der Waals surface area contributed by atoms with Crippen LogP contribution in [0.25, 0.3) is 0 Å². The molecule has 140 valence electrons. The molecule has 6 heteroatoms. The molecule has 0 fully saturated rings. The number of fused-ring (bicyclic) bond motifs is 1. The summed E-state index contributed by atoms with van der Waals surface area (Å²) in [5.41, 5.74) is 2.52. The zero-order chi connectivity index (χ0) is 18.9. The third-order valence-electron chi connectivity index (χ3n) is 4.84. The number of methoxy groups -OCH3 is 2. The molecule has 0 atom stereocenters. The fraction of sp³-hybridized carbons (Fsp3) is 0.400. The minimum Gasteiger partial charge on any atom is -0.493 e. The number of hydrogen-bond acceptors (Lipinski definition) is 4. The van der Waals surface area contributed by atoms with Gasteiger partial charge in [-0.15, -0.1) is 0 Å². The summed E-state index contributed by atoms with van der Waals surface area (Å²) in [7, 11) is -0.231. The van der Waals surface area contributed by atoms with Gasteiger partial charge in [0.05, 0.1) is 20.0 Å². The number of ether oxygens (including phenoxy) is 2. The van der Waals surface area contributed by atoms with Gasteiger partial charge in [-0.1, -0.05) is 44.2 Å². The Morgan fingerprint density at radius 1 is 1.04 bits per heavy atom. The van der Waals surface area contributed by atoms with Crippen molar-refractivity contribution in [3.05, 3.63) is 59.2 Å². The summed E-state index contributed by atoms with van der Waals surface area (Å²) in [5, 5.41) is 0. The Bertz CT molecular complexity index is 892. The first-order chi connectivity index (χ1) is 12.3. The molecule has 0 saturated heterocycles. The second kappa shape index (κ2) is 6.93. The molecule has 0 amide bonds. The first-order valence-corrected chi connectivity index (χ1v) is 10.1. The fourth-order valence-electron chi connectivity index (χ4n) is 3.53. The largest absolute Gasteiger partial charge is 0.493 e. The summed E-state index contributed by atoms with van der Waals surface area (Å²) in [6.07, 6.45) is 0. The van der Waals surface area contributed by atoms with E-state index in [2.05, 4.69) is 13.8 Å². The molecule has 26 heavy (non-hydrogen) atoms. The van der Waals surface area contributed by atoms with Gasteiger partial charge in [0.15, 0.2) is 11.5 Å². The summed E-state index contributed by atoms with van der Waals surface area (Å²) < 4.78 is 38.4. The molecule has 0 saturated carbocycles. The highest BCUT2D eigenvalue weighted by atomic mass is 32.2. The summed E-state index contributed by atoms with van der Waals surface area (Å²) in [6, 6.07) is 13.1. The van der Waals surface area contributed by atoms with Gasteiger partial charge >= 0.3 is 0 Å². The predicted octanol–water partition coefficient (Wildman–Crippen LogP) is 3.33. The third-order valence-corrected chi connectivity index (χ3v) is 6.59.